The fourth-order valence-electron chi connectivity index (χ4n) is 5.68. The minimum atomic E-state index is -0.0715. The molecule has 2 aliphatic rings. The van der Waals surface area contributed by atoms with Crippen LogP contribution in [0.4, 0.5) is 5.69 Å². The monoisotopic (exact) mass is 511 g/mol. The van der Waals surface area contributed by atoms with Crippen molar-refractivity contribution >= 4 is 22.5 Å². The van der Waals surface area contributed by atoms with Gasteiger partial charge in [-0.2, -0.15) is 10.4 Å². The summed E-state index contributed by atoms with van der Waals surface area (Å²) in [4.78, 5) is 12.2. The number of allylic oxidation sites excluding steroid dienone is 1. The Kier molecular flexibility index (Phi) is 7.19. The number of hydrogen-bond acceptors (Lipinski definition) is 8. The molecular formula is C29H37N9. The lowest BCUT2D eigenvalue weighted by Crippen LogP contribution is -2.72. The second kappa shape index (κ2) is 10.6. The number of rotatable bonds is 7. The van der Waals surface area contributed by atoms with Gasteiger partial charge in [0.25, 0.3) is 0 Å². The van der Waals surface area contributed by atoms with Crippen LogP contribution < -0.4 is 16.4 Å². The Morgan fingerprint density at radius 3 is 2.74 bits per heavy atom. The summed E-state index contributed by atoms with van der Waals surface area (Å²) < 4.78 is 1.74. The molecule has 3 aromatic heterocycles. The third-order valence-electron chi connectivity index (χ3n) is 8.00. The molecule has 2 unspecified atom stereocenters. The molecule has 38 heavy (non-hydrogen) atoms. The Bertz CT molecular complexity index is 1390. The van der Waals surface area contributed by atoms with E-state index >= 15 is 0 Å². The Hall–Kier alpha value is -3.74. The van der Waals surface area contributed by atoms with E-state index in [1.807, 2.05) is 44.3 Å². The maximum absolute atomic E-state index is 9.70. The normalized spacial score (nSPS) is 21.6. The molecule has 2 atom stereocenters. The predicted octanol–water partition coefficient (Wildman–Crippen LogP) is 3.75. The molecule has 0 saturated carbocycles. The van der Waals surface area contributed by atoms with Crippen LogP contribution in [0.1, 0.15) is 63.4 Å². The Morgan fingerprint density at radius 1 is 1.34 bits per heavy atom. The molecule has 4 N–H and O–H groups in total. The summed E-state index contributed by atoms with van der Waals surface area (Å²) in [6.45, 7) is 11.8. The number of likely N-dealkylation sites (tertiary alicyclic amines) is 1. The number of pyridine rings is 2. The highest BCUT2D eigenvalue weighted by Gasteiger charge is 2.42. The summed E-state index contributed by atoms with van der Waals surface area (Å²) in [5, 5.41) is 21.2. The van der Waals surface area contributed by atoms with E-state index in [0.717, 1.165) is 66.2 Å². The summed E-state index contributed by atoms with van der Waals surface area (Å²) in [6, 6.07) is 10.9. The molecule has 9 nitrogen and oxygen atoms in total. The van der Waals surface area contributed by atoms with E-state index in [-0.39, 0.29) is 17.6 Å². The fraction of sp³-hybridized carbons (Fsp3) is 0.448. The zero-order valence-corrected chi connectivity index (χ0v) is 22.6. The summed E-state index contributed by atoms with van der Waals surface area (Å²) in [5.74, 6) is 0. The molecular weight excluding hydrogens is 474 g/mol. The van der Waals surface area contributed by atoms with Crippen molar-refractivity contribution in [2.24, 2.45) is 10.7 Å². The molecule has 2 fully saturated rings. The van der Waals surface area contributed by atoms with E-state index in [1.165, 1.54) is 0 Å². The Balaban J connectivity index is 1.39. The van der Waals surface area contributed by atoms with Crippen LogP contribution in [-0.4, -0.2) is 62.5 Å². The first-order valence-corrected chi connectivity index (χ1v) is 13.4. The third kappa shape index (κ3) is 5.02. The van der Waals surface area contributed by atoms with E-state index < -0.39 is 0 Å². The van der Waals surface area contributed by atoms with Crippen molar-refractivity contribution in [3.05, 3.63) is 65.9 Å². The van der Waals surface area contributed by atoms with Gasteiger partial charge < -0.3 is 16.4 Å². The van der Waals surface area contributed by atoms with E-state index in [9.17, 15) is 5.26 Å². The van der Waals surface area contributed by atoms with E-state index in [4.69, 9.17) is 10.7 Å². The number of nitriles is 1. The number of aliphatic imine (C=N–C) groups is 1. The molecule has 0 radical (unpaired) electrons. The number of nitrogens with one attached hydrogen (secondary N) is 2. The van der Waals surface area contributed by atoms with Gasteiger partial charge in [-0.1, -0.05) is 6.07 Å². The van der Waals surface area contributed by atoms with Crippen LogP contribution in [0.5, 0.6) is 0 Å². The Labute approximate surface area is 224 Å². The lowest BCUT2D eigenvalue weighted by Gasteiger charge is -2.53. The standard InChI is InChI=1S/C29H37N9/c1-19(35-23-8-11-37(12-9-23)27-17-33-29(27,3)4)24(15-31)21-13-26(28-22(14-30)16-34-38(28)18-21)36-20(2)25-7-5-6-10-32-25/h5-7,10,13,15-16,18,20,23,27,33,36H,8-9,11-12,17,31H2,1-4H3/b24-15+,35-19?. The van der Waals surface area contributed by atoms with Crippen molar-refractivity contribution in [2.75, 3.05) is 25.0 Å². The molecule has 0 aliphatic carbocycles. The van der Waals surface area contributed by atoms with Crippen LogP contribution in [0, 0.1) is 11.3 Å². The summed E-state index contributed by atoms with van der Waals surface area (Å²) in [7, 11) is 0. The van der Waals surface area contributed by atoms with Crippen molar-refractivity contribution < 1.29 is 0 Å². The zero-order valence-electron chi connectivity index (χ0n) is 22.6. The second-order valence-corrected chi connectivity index (χ2v) is 10.9. The van der Waals surface area contributed by atoms with Gasteiger partial charge in [-0.15, -0.1) is 0 Å². The predicted molar refractivity (Wildman–Crippen MR) is 152 cm³/mol. The average Bonchev–Trinajstić information content (AvgIpc) is 3.33. The topological polar surface area (TPSA) is 120 Å². The van der Waals surface area contributed by atoms with E-state index in [0.29, 0.717) is 11.6 Å². The summed E-state index contributed by atoms with van der Waals surface area (Å²) >= 11 is 0. The second-order valence-electron chi connectivity index (χ2n) is 10.9. The van der Waals surface area contributed by atoms with Crippen LogP contribution in [-0.2, 0) is 0 Å². The van der Waals surface area contributed by atoms with Gasteiger partial charge in [0, 0.05) is 66.7 Å². The third-order valence-corrected chi connectivity index (χ3v) is 8.00. The first-order valence-electron chi connectivity index (χ1n) is 13.4. The highest BCUT2D eigenvalue weighted by molar-refractivity contribution is 6.22. The van der Waals surface area contributed by atoms with Crippen molar-refractivity contribution in [3.8, 4) is 6.07 Å². The van der Waals surface area contributed by atoms with E-state index in [1.54, 1.807) is 23.1 Å². The van der Waals surface area contributed by atoms with Gasteiger partial charge in [0.2, 0.25) is 0 Å². The number of nitrogens with two attached hydrogens (primary N) is 1. The molecule has 0 bridgehead atoms. The highest BCUT2D eigenvalue weighted by atomic mass is 15.3. The molecule has 9 heteroatoms. The van der Waals surface area contributed by atoms with Crippen molar-refractivity contribution in [1.29, 1.82) is 5.26 Å². The van der Waals surface area contributed by atoms with Crippen molar-refractivity contribution in [2.45, 2.75) is 64.2 Å². The van der Waals surface area contributed by atoms with Gasteiger partial charge in [0.05, 0.1) is 35.2 Å². The molecule has 2 aliphatic heterocycles. The lowest BCUT2D eigenvalue weighted by atomic mass is 9.84. The van der Waals surface area contributed by atoms with Crippen LogP contribution in [0.2, 0.25) is 0 Å². The molecule has 0 aromatic carbocycles. The lowest BCUT2D eigenvalue weighted by molar-refractivity contribution is 0.0297. The van der Waals surface area contributed by atoms with Crippen LogP contribution >= 0.6 is 0 Å². The number of piperidine rings is 1. The SMILES string of the molecule is CC(=NC1CCN(C2CNC2(C)C)CC1)/C(=C\N)c1cc(NC(C)c2ccccn2)c2c(C#N)cnn2c1. The first-order chi connectivity index (χ1) is 18.3. The molecule has 2 saturated heterocycles. The molecule has 0 spiro atoms. The minimum absolute atomic E-state index is 0.0715. The van der Waals surface area contributed by atoms with Gasteiger partial charge in [-0.25, -0.2) is 4.52 Å². The van der Waals surface area contributed by atoms with Gasteiger partial charge >= 0.3 is 0 Å². The van der Waals surface area contributed by atoms with Gasteiger partial charge in [0.1, 0.15) is 11.6 Å². The molecule has 198 valence electrons. The largest absolute Gasteiger partial charge is 0.404 e. The maximum Gasteiger partial charge on any atom is 0.107 e. The van der Waals surface area contributed by atoms with Crippen LogP contribution in [0.3, 0.4) is 0 Å². The first kappa shape index (κ1) is 25.9. The number of nitrogens with zero attached hydrogens (tertiary/aromatic N) is 6. The van der Waals surface area contributed by atoms with Gasteiger partial charge in [-0.3, -0.25) is 14.9 Å². The molecule has 3 aromatic rings. The van der Waals surface area contributed by atoms with Crippen molar-refractivity contribution in [3.63, 3.8) is 0 Å². The molecule has 0 amide bonds. The number of aromatic nitrogens is 3. The Morgan fingerprint density at radius 2 is 2.13 bits per heavy atom. The van der Waals surface area contributed by atoms with E-state index in [2.05, 4.69) is 45.5 Å². The summed E-state index contributed by atoms with van der Waals surface area (Å²) in [5.41, 5.74) is 12.0. The average molecular weight is 512 g/mol. The van der Waals surface area contributed by atoms with Gasteiger partial charge in [0.15, 0.2) is 0 Å². The van der Waals surface area contributed by atoms with Crippen LogP contribution in [0.25, 0.3) is 11.1 Å². The van der Waals surface area contributed by atoms with Crippen LogP contribution in [0.15, 0.2) is 54.0 Å². The van der Waals surface area contributed by atoms with Crippen molar-refractivity contribution in [1.82, 2.24) is 24.8 Å². The maximum atomic E-state index is 9.70. The van der Waals surface area contributed by atoms with Gasteiger partial charge in [-0.05, 0) is 58.7 Å². The molecule has 5 heterocycles. The number of hydrogen-bond donors (Lipinski definition) is 3. The molecule has 5 rings (SSSR count). The highest BCUT2D eigenvalue weighted by Crippen LogP contribution is 2.31. The minimum Gasteiger partial charge on any atom is -0.404 e. The summed E-state index contributed by atoms with van der Waals surface area (Å²) in [6.07, 6.45) is 8.99. The fourth-order valence-corrected chi connectivity index (χ4v) is 5.68. The smallest absolute Gasteiger partial charge is 0.107 e. The number of anilines is 1. The zero-order chi connectivity index (χ0) is 26.9. The quantitative estimate of drug-likeness (QED) is 0.413. The number of fused-ring (bicyclic) bond motifs is 1.